The van der Waals surface area contributed by atoms with E-state index in [-0.39, 0.29) is 30.3 Å². The zero-order chi connectivity index (χ0) is 20.1. The zero-order valence-corrected chi connectivity index (χ0v) is 25.2. The molecule has 2 aromatic rings. The molecule has 4 heteroatoms. The van der Waals surface area contributed by atoms with Crippen molar-refractivity contribution in [3.8, 4) is 0 Å². The standard InChI is InChI=1S/2C11H11.C5H10Si.2ClH.Hf/c2*1-8-6-7-9(2)11-5-3-4-10(8)11;1-2-4-6-5-3-1;;;/h2*3-7H,1-2H3;1-5H2;2*1H;/q;;;;;+2/p-2. The van der Waals surface area contributed by atoms with Crippen molar-refractivity contribution < 1.29 is 44.9 Å². The number of benzene rings is 2. The number of aryl methyl sites for hydroxylation is 4. The van der Waals surface area contributed by atoms with Gasteiger partial charge in [-0.05, 0) is 0 Å². The second-order valence-electron chi connectivity index (χ2n) is 9.35. The van der Waals surface area contributed by atoms with E-state index in [4.69, 9.17) is 0 Å². The predicted octanol–water partition coefficient (Wildman–Crippen LogP) is 1.56. The zero-order valence-electron chi connectivity index (χ0n) is 19.1. The average Bonchev–Trinajstić information content (AvgIpc) is 3.36. The largest absolute Gasteiger partial charge is 1.00 e. The molecule has 0 saturated carbocycles. The number of halogens is 2. The number of fused-ring (bicyclic) bond motifs is 2. The Morgan fingerprint density at radius 1 is 0.645 bits per heavy atom. The number of hydrogen-bond acceptors (Lipinski definition) is 0. The molecule has 0 spiro atoms. The van der Waals surface area contributed by atoms with Gasteiger partial charge >= 0.3 is 185 Å². The molecular weight excluding hydrogens is 602 g/mol. The van der Waals surface area contributed by atoms with Crippen molar-refractivity contribution in [1.82, 2.24) is 0 Å². The van der Waals surface area contributed by atoms with Crippen LogP contribution in [0, 0.1) is 27.7 Å². The molecule has 1 saturated heterocycles. The molecule has 0 amide bonds. The molecule has 2 aliphatic carbocycles. The summed E-state index contributed by atoms with van der Waals surface area (Å²) < 4.78 is 1.62. The van der Waals surface area contributed by atoms with Crippen molar-refractivity contribution in [2.75, 3.05) is 0 Å². The van der Waals surface area contributed by atoms with Gasteiger partial charge < -0.3 is 24.8 Å². The minimum atomic E-state index is -2.04. The summed E-state index contributed by atoms with van der Waals surface area (Å²) in [7, 11) is 0. The van der Waals surface area contributed by atoms with E-state index in [0.717, 1.165) is 7.35 Å². The average molecular weight is 634 g/mol. The Hall–Kier alpha value is -0.413. The molecular formula is C27H32Cl2HfSi. The molecule has 2 atom stereocenters. The van der Waals surface area contributed by atoms with E-state index < -0.39 is 20.1 Å². The van der Waals surface area contributed by atoms with Crippen LogP contribution >= 0.6 is 0 Å². The van der Waals surface area contributed by atoms with E-state index >= 15 is 0 Å². The normalized spacial score (nSPS) is 20.4. The Labute approximate surface area is 208 Å². The molecule has 0 nitrogen and oxygen atoms in total. The van der Waals surface area contributed by atoms with Crippen LogP contribution in [0.1, 0.15) is 71.1 Å². The smallest absolute Gasteiger partial charge is 1.00 e. The fraction of sp³-hybridized carbons (Fsp3) is 0.407. The van der Waals surface area contributed by atoms with Gasteiger partial charge in [-0.15, -0.1) is 0 Å². The van der Waals surface area contributed by atoms with E-state index in [0.29, 0.717) is 0 Å². The van der Waals surface area contributed by atoms with Crippen LogP contribution in [0.4, 0.5) is 0 Å². The Morgan fingerprint density at radius 2 is 1.06 bits per heavy atom. The second kappa shape index (κ2) is 10.2. The minimum Gasteiger partial charge on any atom is -1.00 e. The molecule has 0 radical (unpaired) electrons. The Balaban J connectivity index is 0.00000136. The van der Waals surface area contributed by atoms with Crippen LogP contribution in [0.5, 0.6) is 0 Å². The van der Waals surface area contributed by atoms with E-state index in [9.17, 15) is 0 Å². The number of allylic oxidation sites excluding steroid dienone is 2. The van der Waals surface area contributed by atoms with Crippen molar-refractivity contribution in [1.29, 1.82) is 0 Å². The Morgan fingerprint density at radius 3 is 1.52 bits per heavy atom. The summed E-state index contributed by atoms with van der Waals surface area (Å²) in [5.41, 5.74) is 12.5. The summed E-state index contributed by atoms with van der Waals surface area (Å²) in [6.45, 7) is 9.35. The summed E-state index contributed by atoms with van der Waals surface area (Å²) in [5.74, 6) is 0. The van der Waals surface area contributed by atoms with Gasteiger partial charge in [0.05, 0.1) is 0 Å². The summed E-state index contributed by atoms with van der Waals surface area (Å²) >= 11 is -2.04. The monoisotopic (exact) mass is 634 g/mol. The maximum absolute atomic E-state index is 2.68. The van der Waals surface area contributed by atoms with Crippen LogP contribution in [0.3, 0.4) is 0 Å². The van der Waals surface area contributed by atoms with E-state index in [2.05, 4.69) is 76.3 Å². The van der Waals surface area contributed by atoms with E-state index in [1.165, 1.54) is 30.4 Å². The van der Waals surface area contributed by atoms with Gasteiger partial charge in [-0.2, -0.15) is 0 Å². The van der Waals surface area contributed by atoms with Gasteiger partial charge in [0.1, 0.15) is 0 Å². The summed E-state index contributed by atoms with van der Waals surface area (Å²) in [6.07, 6.45) is 14.9. The van der Waals surface area contributed by atoms with Crippen LogP contribution in [0.25, 0.3) is 12.2 Å². The van der Waals surface area contributed by atoms with Crippen LogP contribution in [-0.4, -0.2) is 5.49 Å². The quantitative estimate of drug-likeness (QED) is 0.441. The van der Waals surface area contributed by atoms with Crippen LogP contribution in [0.15, 0.2) is 36.4 Å². The van der Waals surface area contributed by atoms with E-state index in [1.807, 2.05) is 0 Å². The van der Waals surface area contributed by atoms with Crippen LogP contribution < -0.4 is 24.8 Å². The Bertz CT molecular complexity index is 1010. The molecule has 0 bridgehead atoms. The number of hydrogen-bond donors (Lipinski definition) is 0. The third-order valence-corrected chi connectivity index (χ3v) is 37.8. The van der Waals surface area contributed by atoms with Gasteiger partial charge in [0, 0.05) is 0 Å². The van der Waals surface area contributed by atoms with Crippen molar-refractivity contribution in [2.45, 2.75) is 66.4 Å². The first kappa shape index (κ1) is 25.2. The predicted molar refractivity (Wildman–Crippen MR) is 125 cm³/mol. The van der Waals surface area contributed by atoms with E-state index in [1.54, 1.807) is 45.5 Å². The van der Waals surface area contributed by atoms with Gasteiger partial charge in [0.15, 0.2) is 0 Å². The van der Waals surface area contributed by atoms with Gasteiger partial charge in [0.25, 0.3) is 0 Å². The first-order chi connectivity index (χ1) is 14.1. The second-order valence-corrected chi connectivity index (χ2v) is 31.6. The maximum atomic E-state index is 2.68. The third kappa shape index (κ3) is 4.39. The molecule has 0 aromatic heterocycles. The first-order valence-corrected chi connectivity index (χ1v) is 22.8. The first-order valence-electron chi connectivity index (χ1n) is 11.3. The SMILES string of the molecule is Cc1ccc(C)c2c1C=C[CH]2[Hf+2]([CH]1C=Cc2c(C)ccc(C)c21)=[Si]1CCCCC1.[Cl-].[Cl-]. The van der Waals surface area contributed by atoms with Gasteiger partial charge in [-0.3, -0.25) is 0 Å². The fourth-order valence-corrected chi connectivity index (χ4v) is 41.0. The molecule has 2 aromatic carbocycles. The molecule has 0 N–H and O–H groups in total. The third-order valence-electron chi connectivity index (χ3n) is 7.51. The summed E-state index contributed by atoms with van der Waals surface area (Å²) in [5, 5.41) is 0. The molecule has 2 unspecified atom stereocenters. The van der Waals surface area contributed by atoms with Crippen LogP contribution in [0.2, 0.25) is 12.1 Å². The minimum absolute atomic E-state index is 0. The molecule has 5 rings (SSSR count). The van der Waals surface area contributed by atoms with Crippen molar-refractivity contribution >= 4 is 17.6 Å². The molecule has 3 aliphatic rings. The van der Waals surface area contributed by atoms with Gasteiger partial charge in [-0.25, -0.2) is 0 Å². The summed E-state index contributed by atoms with van der Waals surface area (Å²) in [6, 6.07) is 12.6. The molecule has 162 valence electrons. The molecule has 1 fully saturated rings. The molecule has 1 aliphatic heterocycles. The Kier molecular flexibility index (Phi) is 8.33. The fourth-order valence-electron chi connectivity index (χ4n) is 5.97. The van der Waals surface area contributed by atoms with Crippen molar-refractivity contribution in [3.05, 3.63) is 80.9 Å². The van der Waals surface area contributed by atoms with Crippen LogP contribution in [-0.2, 0) is 20.1 Å². The maximum Gasteiger partial charge on any atom is -1.00 e. The molecule has 31 heavy (non-hydrogen) atoms. The van der Waals surface area contributed by atoms with Gasteiger partial charge in [0.2, 0.25) is 0 Å². The number of rotatable bonds is 2. The molecule has 1 heterocycles. The van der Waals surface area contributed by atoms with Gasteiger partial charge in [-0.1, -0.05) is 0 Å². The summed E-state index contributed by atoms with van der Waals surface area (Å²) in [4.78, 5) is 0. The topological polar surface area (TPSA) is 0 Å². The van der Waals surface area contributed by atoms with Crippen molar-refractivity contribution in [2.24, 2.45) is 0 Å². The van der Waals surface area contributed by atoms with Crippen molar-refractivity contribution in [3.63, 3.8) is 0 Å².